The van der Waals surface area contributed by atoms with Crippen LogP contribution in [0.25, 0.3) is 0 Å². The molecule has 1 N–H and O–H groups in total. The largest absolute Gasteiger partial charge is 0.481 e. The third kappa shape index (κ3) is 2.57. The summed E-state index contributed by atoms with van der Waals surface area (Å²) in [5.74, 6) is -0.651. The van der Waals surface area contributed by atoms with Crippen molar-refractivity contribution in [1.29, 1.82) is 0 Å². The molecule has 80 valence electrons. The molecule has 1 atom stereocenters. The zero-order chi connectivity index (χ0) is 10.9. The first-order valence-electron chi connectivity index (χ1n) is 4.83. The summed E-state index contributed by atoms with van der Waals surface area (Å²) in [5, 5.41) is 8.63. The second kappa shape index (κ2) is 3.72. The third-order valence-corrected chi connectivity index (χ3v) is 4.53. The van der Waals surface area contributed by atoms with Crippen molar-refractivity contribution >= 4 is 20.1 Å². The second-order valence-corrected chi connectivity index (χ2v) is 9.72. The van der Waals surface area contributed by atoms with Crippen LogP contribution in [0.2, 0.25) is 19.6 Å². The van der Waals surface area contributed by atoms with Crippen LogP contribution in [-0.2, 0) is 9.59 Å². The molecule has 1 rings (SSSR count). The van der Waals surface area contributed by atoms with Crippen LogP contribution in [-0.4, -0.2) is 36.3 Å². The lowest BCUT2D eigenvalue weighted by molar-refractivity contribution is -0.137. The van der Waals surface area contributed by atoms with E-state index in [0.717, 1.165) is 0 Å². The van der Waals surface area contributed by atoms with Gasteiger partial charge in [0, 0.05) is 13.0 Å². The Labute approximate surface area is 85.0 Å². The lowest BCUT2D eigenvalue weighted by Gasteiger charge is -2.30. The maximum Gasteiger partial charge on any atom is 0.303 e. The van der Waals surface area contributed by atoms with E-state index in [1.54, 1.807) is 0 Å². The van der Waals surface area contributed by atoms with Crippen LogP contribution in [0.3, 0.4) is 0 Å². The van der Waals surface area contributed by atoms with Gasteiger partial charge in [-0.3, -0.25) is 9.59 Å². The summed E-state index contributed by atoms with van der Waals surface area (Å²) in [7, 11) is -1.59. The van der Waals surface area contributed by atoms with Crippen molar-refractivity contribution in [1.82, 2.24) is 4.57 Å². The number of hydrogen-bond donors (Lipinski definition) is 1. The molecule has 5 heteroatoms. The fraction of sp³-hybridized carbons (Fsp3) is 0.778. The molecule has 0 radical (unpaired) electrons. The number of nitrogens with zero attached hydrogens (tertiary/aromatic N) is 1. The molecular weight excluding hydrogens is 198 g/mol. The molecule has 1 aliphatic rings. The minimum atomic E-state index is -1.59. The van der Waals surface area contributed by atoms with Crippen molar-refractivity contribution in [2.24, 2.45) is 5.92 Å². The number of carbonyl (C=O) groups is 2. The van der Waals surface area contributed by atoms with E-state index in [0.29, 0.717) is 13.0 Å². The lowest BCUT2D eigenvalue weighted by Crippen LogP contribution is -2.46. The minimum Gasteiger partial charge on any atom is -0.481 e. The van der Waals surface area contributed by atoms with Gasteiger partial charge in [-0.1, -0.05) is 19.6 Å². The monoisotopic (exact) mass is 215 g/mol. The summed E-state index contributed by atoms with van der Waals surface area (Å²) in [6.45, 7) is 6.96. The van der Waals surface area contributed by atoms with Crippen LogP contribution in [0, 0.1) is 5.92 Å². The first-order chi connectivity index (χ1) is 6.30. The SMILES string of the molecule is C[Si](C)(C)N1CC(CC(=O)O)CC1=O. The van der Waals surface area contributed by atoms with Gasteiger partial charge in [0.1, 0.15) is 0 Å². The topological polar surface area (TPSA) is 57.6 Å². The van der Waals surface area contributed by atoms with Crippen LogP contribution in [0.4, 0.5) is 0 Å². The summed E-state index contributed by atoms with van der Waals surface area (Å²) in [6, 6.07) is 0. The number of carboxylic acids is 1. The van der Waals surface area contributed by atoms with Crippen molar-refractivity contribution in [3.63, 3.8) is 0 Å². The van der Waals surface area contributed by atoms with E-state index in [2.05, 4.69) is 19.6 Å². The van der Waals surface area contributed by atoms with Gasteiger partial charge in [0.2, 0.25) is 5.91 Å². The zero-order valence-electron chi connectivity index (χ0n) is 8.91. The van der Waals surface area contributed by atoms with Crippen LogP contribution in [0.1, 0.15) is 12.8 Å². The highest BCUT2D eigenvalue weighted by Gasteiger charge is 2.37. The Morgan fingerprint density at radius 1 is 1.57 bits per heavy atom. The highest BCUT2D eigenvalue weighted by Crippen LogP contribution is 2.25. The maximum atomic E-state index is 11.6. The van der Waals surface area contributed by atoms with E-state index in [9.17, 15) is 9.59 Å². The average Bonchev–Trinajstić information content (AvgIpc) is 2.27. The first kappa shape index (κ1) is 11.2. The molecule has 1 amide bonds. The smallest absolute Gasteiger partial charge is 0.303 e. The molecule has 0 aromatic rings. The second-order valence-electron chi connectivity index (χ2n) is 4.84. The van der Waals surface area contributed by atoms with Crippen LogP contribution < -0.4 is 0 Å². The highest BCUT2D eigenvalue weighted by molar-refractivity contribution is 6.75. The Bertz CT molecular complexity index is 259. The maximum absolute atomic E-state index is 11.6. The normalized spacial score (nSPS) is 22.9. The third-order valence-electron chi connectivity index (χ3n) is 2.48. The Hall–Kier alpha value is -0.843. The molecule has 1 saturated heterocycles. The van der Waals surface area contributed by atoms with Crippen molar-refractivity contribution in [3.05, 3.63) is 0 Å². The summed E-state index contributed by atoms with van der Waals surface area (Å²) < 4.78 is 1.90. The number of rotatable bonds is 3. The molecule has 1 aliphatic heterocycles. The zero-order valence-corrected chi connectivity index (χ0v) is 9.91. The first-order valence-corrected chi connectivity index (χ1v) is 8.27. The Morgan fingerprint density at radius 3 is 2.50 bits per heavy atom. The van der Waals surface area contributed by atoms with Gasteiger partial charge < -0.3 is 9.67 Å². The Kier molecular flexibility index (Phi) is 2.99. The van der Waals surface area contributed by atoms with E-state index in [1.165, 1.54) is 0 Å². The number of hydrogen-bond acceptors (Lipinski definition) is 2. The Balaban J connectivity index is 2.61. The van der Waals surface area contributed by atoms with Crippen LogP contribution in [0.5, 0.6) is 0 Å². The molecule has 0 bridgehead atoms. The van der Waals surface area contributed by atoms with Crippen molar-refractivity contribution < 1.29 is 14.7 Å². The highest BCUT2D eigenvalue weighted by atomic mass is 28.3. The molecule has 0 spiro atoms. The summed E-state index contributed by atoms with van der Waals surface area (Å²) in [4.78, 5) is 22.1. The molecule has 1 unspecified atom stereocenters. The summed E-state index contributed by atoms with van der Waals surface area (Å²) >= 11 is 0. The quantitative estimate of drug-likeness (QED) is 0.718. The minimum absolute atomic E-state index is 0.0201. The van der Waals surface area contributed by atoms with E-state index in [-0.39, 0.29) is 18.2 Å². The number of amides is 1. The fourth-order valence-electron chi connectivity index (χ4n) is 1.81. The molecule has 0 aromatic carbocycles. The van der Waals surface area contributed by atoms with Gasteiger partial charge in [0.05, 0.1) is 6.42 Å². The van der Waals surface area contributed by atoms with Crippen molar-refractivity contribution in [2.45, 2.75) is 32.5 Å². The van der Waals surface area contributed by atoms with Gasteiger partial charge in [0.25, 0.3) is 0 Å². The standard InChI is InChI=1S/C9H17NO3Si/c1-14(2,3)10-6-7(4-8(10)11)5-9(12)13/h7H,4-6H2,1-3H3,(H,12,13). The lowest BCUT2D eigenvalue weighted by atomic mass is 10.1. The molecule has 0 aromatic heterocycles. The van der Waals surface area contributed by atoms with E-state index < -0.39 is 14.2 Å². The molecule has 0 saturated carbocycles. The molecule has 1 heterocycles. The van der Waals surface area contributed by atoms with Gasteiger partial charge in [-0.05, 0) is 5.92 Å². The van der Waals surface area contributed by atoms with E-state index in [1.807, 2.05) is 4.57 Å². The van der Waals surface area contributed by atoms with Crippen LogP contribution in [0.15, 0.2) is 0 Å². The van der Waals surface area contributed by atoms with Gasteiger partial charge >= 0.3 is 5.97 Å². The summed E-state index contributed by atoms with van der Waals surface area (Å²) in [5.41, 5.74) is 0. The van der Waals surface area contributed by atoms with Crippen molar-refractivity contribution in [2.75, 3.05) is 6.54 Å². The van der Waals surface area contributed by atoms with E-state index >= 15 is 0 Å². The van der Waals surface area contributed by atoms with Gasteiger partial charge in [-0.15, -0.1) is 0 Å². The average molecular weight is 215 g/mol. The van der Waals surface area contributed by atoms with Gasteiger partial charge in [-0.2, -0.15) is 0 Å². The molecule has 14 heavy (non-hydrogen) atoms. The molecule has 4 nitrogen and oxygen atoms in total. The summed E-state index contributed by atoms with van der Waals surface area (Å²) in [6.07, 6.45) is 0.531. The van der Waals surface area contributed by atoms with Gasteiger partial charge in [0.15, 0.2) is 8.24 Å². The van der Waals surface area contributed by atoms with Gasteiger partial charge in [-0.25, -0.2) is 0 Å². The van der Waals surface area contributed by atoms with Crippen molar-refractivity contribution in [3.8, 4) is 0 Å². The van der Waals surface area contributed by atoms with E-state index in [4.69, 9.17) is 5.11 Å². The molecule has 0 aliphatic carbocycles. The number of carbonyl (C=O) groups excluding carboxylic acids is 1. The number of carboxylic acid groups (broad SMARTS) is 1. The molecular formula is C9H17NO3Si. The predicted octanol–water partition coefficient (Wildman–Crippen LogP) is 1.14. The van der Waals surface area contributed by atoms with Crippen LogP contribution >= 0.6 is 0 Å². The fourth-order valence-corrected chi connectivity index (χ4v) is 3.46. The Morgan fingerprint density at radius 2 is 2.14 bits per heavy atom. The number of aliphatic carboxylic acids is 1. The molecule has 1 fully saturated rings. The predicted molar refractivity (Wildman–Crippen MR) is 55.4 cm³/mol.